The second-order valence-corrected chi connectivity index (χ2v) is 6.69. The van der Waals surface area contributed by atoms with Crippen LogP contribution in [0.25, 0.3) is 0 Å². The van der Waals surface area contributed by atoms with Crippen LogP contribution in [0.3, 0.4) is 0 Å². The van der Waals surface area contributed by atoms with E-state index < -0.39 is 6.04 Å². The van der Waals surface area contributed by atoms with Crippen molar-refractivity contribution < 1.29 is 19.2 Å². The SMILES string of the molecule is CCCNC(=O)[C@H](C)NC(=O)C[NH+]1CCN(c2ccc(OC)cc2)CC1. The zero-order chi connectivity index (χ0) is 18.9. The maximum absolute atomic E-state index is 12.2. The van der Waals surface area contributed by atoms with Crippen LogP contribution in [0.15, 0.2) is 24.3 Å². The lowest BCUT2D eigenvalue weighted by molar-refractivity contribution is -0.892. The van der Waals surface area contributed by atoms with Gasteiger partial charge in [0.15, 0.2) is 6.54 Å². The maximum atomic E-state index is 12.2. The molecule has 0 radical (unpaired) electrons. The van der Waals surface area contributed by atoms with Gasteiger partial charge in [0.25, 0.3) is 5.91 Å². The summed E-state index contributed by atoms with van der Waals surface area (Å²) < 4.78 is 5.19. The topological polar surface area (TPSA) is 75.1 Å². The molecule has 2 amide bonds. The molecule has 26 heavy (non-hydrogen) atoms. The van der Waals surface area contributed by atoms with Crippen molar-refractivity contribution in [3.63, 3.8) is 0 Å². The second kappa shape index (κ2) is 10.0. The van der Waals surface area contributed by atoms with E-state index in [9.17, 15) is 9.59 Å². The first-order valence-corrected chi connectivity index (χ1v) is 9.33. The quantitative estimate of drug-likeness (QED) is 0.578. The molecule has 0 unspecified atom stereocenters. The molecule has 0 bridgehead atoms. The minimum Gasteiger partial charge on any atom is -0.497 e. The number of carbonyl (C=O) groups excluding carboxylic acids is 2. The molecule has 0 aromatic heterocycles. The van der Waals surface area contributed by atoms with Gasteiger partial charge in [-0.05, 0) is 37.6 Å². The molecule has 7 nitrogen and oxygen atoms in total. The van der Waals surface area contributed by atoms with Gasteiger partial charge in [-0.1, -0.05) is 6.92 Å². The first-order chi connectivity index (χ1) is 12.5. The monoisotopic (exact) mass is 363 g/mol. The Labute approximate surface area is 155 Å². The molecule has 0 aliphatic carbocycles. The third-order valence-corrected chi connectivity index (χ3v) is 4.64. The Bertz CT molecular complexity index is 583. The Hall–Kier alpha value is -2.28. The van der Waals surface area contributed by atoms with Crippen LogP contribution in [0.5, 0.6) is 5.75 Å². The molecule has 1 saturated heterocycles. The number of benzene rings is 1. The number of carbonyl (C=O) groups is 2. The summed E-state index contributed by atoms with van der Waals surface area (Å²) in [6.07, 6.45) is 0.884. The van der Waals surface area contributed by atoms with Gasteiger partial charge < -0.3 is 25.2 Å². The van der Waals surface area contributed by atoms with E-state index in [1.807, 2.05) is 19.1 Å². The Kier molecular flexibility index (Phi) is 7.72. The minimum absolute atomic E-state index is 0.0722. The summed E-state index contributed by atoms with van der Waals surface area (Å²) in [5.41, 5.74) is 1.18. The third-order valence-electron chi connectivity index (χ3n) is 4.64. The Morgan fingerprint density at radius 3 is 2.46 bits per heavy atom. The van der Waals surface area contributed by atoms with E-state index in [2.05, 4.69) is 27.7 Å². The number of ether oxygens (including phenoxy) is 1. The number of rotatable bonds is 8. The molecule has 2 rings (SSSR count). The van der Waals surface area contributed by atoms with Crippen LogP contribution in [0.4, 0.5) is 5.69 Å². The number of nitrogens with zero attached hydrogens (tertiary/aromatic N) is 1. The second-order valence-electron chi connectivity index (χ2n) is 6.69. The Balaban J connectivity index is 1.73. The van der Waals surface area contributed by atoms with Crippen LogP contribution in [0.1, 0.15) is 20.3 Å². The first kappa shape index (κ1) is 20.0. The lowest BCUT2D eigenvalue weighted by Gasteiger charge is -2.33. The minimum atomic E-state index is -0.492. The van der Waals surface area contributed by atoms with E-state index in [0.29, 0.717) is 13.1 Å². The highest BCUT2D eigenvalue weighted by molar-refractivity contribution is 5.87. The molecule has 144 valence electrons. The molecule has 7 heteroatoms. The number of piperazine rings is 1. The number of amides is 2. The van der Waals surface area contributed by atoms with Crippen molar-refractivity contribution in [2.45, 2.75) is 26.3 Å². The van der Waals surface area contributed by atoms with Gasteiger partial charge in [-0.15, -0.1) is 0 Å². The standard InChI is InChI=1S/C19H30N4O3/c1-4-9-20-19(25)15(2)21-18(24)14-22-10-12-23(13-11-22)16-5-7-17(26-3)8-6-16/h5-8,15H,4,9-14H2,1-3H3,(H,20,25)(H,21,24)/p+1/t15-/m0/s1. The highest BCUT2D eigenvalue weighted by Crippen LogP contribution is 2.18. The zero-order valence-corrected chi connectivity index (χ0v) is 16.0. The van der Waals surface area contributed by atoms with Crippen molar-refractivity contribution in [3.8, 4) is 5.75 Å². The van der Waals surface area contributed by atoms with Gasteiger partial charge in [-0.25, -0.2) is 0 Å². The van der Waals surface area contributed by atoms with Gasteiger partial charge in [0.05, 0.1) is 33.3 Å². The van der Waals surface area contributed by atoms with E-state index in [-0.39, 0.29) is 11.8 Å². The van der Waals surface area contributed by atoms with Crippen molar-refractivity contribution in [2.75, 3.05) is 51.3 Å². The number of hydrogen-bond acceptors (Lipinski definition) is 4. The van der Waals surface area contributed by atoms with Crippen molar-refractivity contribution >= 4 is 17.5 Å². The Morgan fingerprint density at radius 2 is 1.88 bits per heavy atom. The van der Waals surface area contributed by atoms with Crippen molar-refractivity contribution in [1.29, 1.82) is 0 Å². The predicted molar refractivity (Wildman–Crippen MR) is 102 cm³/mol. The molecule has 3 N–H and O–H groups in total. The van der Waals surface area contributed by atoms with Gasteiger partial charge in [0, 0.05) is 12.2 Å². The fourth-order valence-electron chi connectivity index (χ4n) is 3.04. The molecule has 1 aromatic rings. The van der Waals surface area contributed by atoms with Crippen molar-refractivity contribution in [2.24, 2.45) is 0 Å². The molecule has 0 spiro atoms. The molecular weight excluding hydrogens is 332 g/mol. The summed E-state index contributed by atoms with van der Waals surface area (Å²) >= 11 is 0. The summed E-state index contributed by atoms with van der Waals surface area (Å²) in [4.78, 5) is 27.6. The Morgan fingerprint density at radius 1 is 1.23 bits per heavy atom. The molecule has 1 fully saturated rings. The van der Waals surface area contributed by atoms with Crippen LogP contribution < -0.4 is 25.2 Å². The van der Waals surface area contributed by atoms with Crippen LogP contribution in [0.2, 0.25) is 0 Å². The van der Waals surface area contributed by atoms with Gasteiger partial charge in [0.1, 0.15) is 11.8 Å². The lowest BCUT2D eigenvalue weighted by atomic mass is 10.2. The third kappa shape index (κ3) is 5.91. The zero-order valence-electron chi connectivity index (χ0n) is 16.0. The van der Waals surface area contributed by atoms with Crippen molar-refractivity contribution in [3.05, 3.63) is 24.3 Å². The van der Waals surface area contributed by atoms with E-state index in [0.717, 1.165) is 38.3 Å². The fourth-order valence-corrected chi connectivity index (χ4v) is 3.04. The summed E-state index contributed by atoms with van der Waals surface area (Å²) in [6.45, 7) is 8.37. The normalized spacial score (nSPS) is 16.0. The molecule has 1 aliphatic heterocycles. The molecular formula is C19H31N4O3+. The fraction of sp³-hybridized carbons (Fsp3) is 0.579. The average Bonchev–Trinajstić information content (AvgIpc) is 2.66. The molecule has 1 heterocycles. The van der Waals surface area contributed by atoms with E-state index in [1.54, 1.807) is 14.0 Å². The molecule has 0 saturated carbocycles. The number of quaternary nitrogens is 1. The predicted octanol–water partition coefficient (Wildman–Crippen LogP) is -0.569. The van der Waals surface area contributed by atoms with Gasteiger partial charge in [0.2, 0.25) is 5.91 Å². The van der Waals surface area contributed by atoms with Crippen LogP contribution in [-0.4, -0.2) is 64.2 Å². The van der Waals surface area contributed by atoms with Gasteiger partial charge in [-0.3, -0.25) is 9.59 Å². The van der Waals surface area contributed by atoms with Crippen LogP contribution in [-0.2, 0) is 9.59 Å². The number of nitrogens with one attached hydrogen (secondary N) is 3. The van der Waals surface area contributed by atoms with Gasteiger partial charge in [-0.2, -0.15) is 0 Å². The number of anilines is 1. The van der Waals surface area contributed by atoms with Crippen molar-refractivity contribution in [1.82, 2.24) is 10.6 Å². The molecule has 1 aromatic carbocycles. The highest BCUT2D eigenvalue weighted by atomic mass is 16.5. The molecule has 1 atom stereocenters. The average molecular weight is 363 g/mol. The summed E-state index contributed by atoms with van der Waals surface area (Å²) in [5.74, 6) is 0.656. The first-order valence-electron chi connectivity index (χ1n) is 9.33. The summed E-state index contributed by atoms with van der Waals surface area (Å²) in [6, 6.07) is 7.56. The number of hydrogen-bond donors (Lipinski definition) is 3. The maximum Gasteiger partial charge on any atom is 0.275 e. The van der Waals surface area contributed by atoms with E-state index >= 15 is 0 Å². The van der Waals surface area contributed by atoms with Gasteiger partial charge >= 0.3 is 0 Å². The van der Waals surface area contributed by atoms with Crippen LogP contribution in [0, 0.1) is 0 Å². The summed E-state index contributed by atoms with van der Waals surface area (Å²) in [5, 5.41) is 5.59. The smallest absolute Gasteiger partial charge is 0.275 e. The van der Waals surface area contributed by atoms with Crippen LogP contribution >= 0.6 is 0 Å². The summed E-state index contributed by atoms with van der Waals surface area (Å²) in [7, 11) is 1.66. The largest absolute Gasteiger partial charge is 0.497 e. The lowest BCUT2D eigenvalue weighted by Crippen LogP contribution is -3.16. The highest BCUT2D eigenvalue weighted by Gasteiger charge is 2.24. The van der Waals surface area contributed by atoms with E-state index in [4.69, 9.17) is 4.74 Å². The molecule has 1 aliphatic rings. The van der Waals surface area contributed by atoms with E-state index in [1.165, 1.54) is 10.6 Å². The number of methoxy groups -OCH3 is 1.